The lowest BCUT2D eigenvalue weighted by molar-refractivity contribution is 0.736. The molecule has 2 aliphatic rings. The minimum atomic E-state index is -0.439. The van der Waals surface area contributed by atoms with Gasteiger partial charge in [0.2, 0.25) is 0 Å². The molecular formula is C18H22N2S. The Morgan fingerprint density at radius 3 is 2.76 bits per heavy atom. The molecule has 21 heavy (non-hydrogen) atoms. The monoisotopic (exact) mass is 298 g/mol. The van der Waals surface area contributed by atoms with Crippen LogP contribution in [0.2, 0.25) is 0 Å². The highest BCUT2D eigenvalue weighted by molar-refractivity contribution is 7.82. The first-order valence-corrected chi connectivity index (χ1v) is 7.44. The van der Waals surface area contributed by atoms with Gasteiger partial charge in [-0.15, -0.1) is 12.6 Å². The van der Waals surface area contributed by atoms with E-state index in [0.29, 0.717) is 0 Å². The van der Waals surface area contributed by atoms with Gasteiger partial charge in [-0.1, -0.05) is 43.0 Å². The number of hydrogen-bond donors (Lipinski definition) is 2. The van der Waals surface area contributed by atoms with Gasteiger partial charge in [0.05, 0.1) is 5.54 Å². The van der Waals surface area contributed by atoms with Crippen LogP contribution >= 0.6 is 12.6 Å². The quantitative estimate of drug-likeness (QED) is 0.762. The third-order valence-corrected chi connectivity index (χ3v) is 3.68. The van der Waals surface area contributed by atoms with E-state index in [1.54, 1.807) is 0 Å². The minimum Gasteiger partial charge on any atom is -0.319 e. The SMILES string of the molecule is C=C(CC1=CC=NC(C)(S)C=C1)C1=CC=CC(C)(N)C=C1. The fourth-order valence-corrected chi connectivity index (χ4v) is 2.23. The lowest BCUT2D eigenvalue weighted by Gasteiger charge is -2.13. The maximum absolute atomic E-state index is 6.09. The van der Waals surface area contributed by atoms with Crippen molar-refractivity contribution in [1.82, 2.24) is 0 Å². The Morgan fingerprint density at radius 1 is 1.24 bits per heavy atom. The number of allylic oxidation sites excluding steroid dienone is 8. The van der Waals surface area contributed by atoms with Crippen LogP contribution in [0.5, 0.6) is 0 Å². The van der Waals surface area contributed by atoms with Crippen molar-refractivity contribution in [3.05, 3.63) is 71.9 Å². The number of nitrogens with zero attached hydrogens (tertiary/aromatic N) is 1. The Morgan fingerprint density at radius 2 is 2.00 bits per heavy atom. The van der Waals surface area contributed by atoms with Crippen LogP contribution in [0.4, 0.5) is 0 Å². The molecule has 0 amide bonds. The molecule has 3 heteroatoms. The molecule has 0 saturated carbocycles. The van der Waals surface area contributed by atoms with Crippen LogP contribution in [-0.2, 0) is 0 Å². The lowest BCUT2D eigenvalue weighted by Crippen LogP contribution is -2.30. The Balaban J connectivity index is 2.10. The van der Waals surface area contributed by atoms with Crippen LogP contribution in [0.25, 0.3) is 0 Å². The number of thiol groups is 1. The van der Waals surface area contributed by atoms with E-state index in [-0.39, 0.29) is 0 Å². The first kappa shape index (κ1) is 15.8. The number of aliphatic imine (C=N–C) groups is 1. The molecule has 2 rings (SSSR count). The second-order valence-corrected chi connectivity index (χ2v) is 6.81. The first-order valence-electron chi connectivity index (χ1n) is 6.99. The number of hydrogen-bond acceptors (Lipinski definition) is 3. The molecule has 0 radical (unpaired) electrons. The van der Waals surface area contributed by atoms with Crippen molar-refractivity contribution in [1.29, 1.82) is 0 Å². The van der Waals surface area contributed by atoms with E-state index in [4.69, 9.17) is 5.73 Å². The van der Waals surface area contributed by atoms with E-state index in [9.17, 15) is 0 Å². The molecule has 2 nitrogen and oxygen atoms in total. The van der Waals surface area contributed by atoms with Crippen molar-refractivity contribution in [3.63, 3.8) is 0 Å². The number of nitrogens with two attached hydrogens (primary N) is 1. The molecule has 1 aliphatic carbocycles. The summed E-state index contributed by atoms with van der Waals surface area (Å²) < 4.78 is 0. The van der Waals surface area contributed by atoms with Crippen molar-refractivity contribution in [3.8, 4) is 0 Å². The average Bonchev–Trinajstić information content (AvgIpc) is 2.65. The standard InChI is InChI=1S/C18H22N2S/c1-14(16-5-4-9-17(2,19)10-7-16)13-15-6-11-18(3,21)20-12-8-15/h4-12,21H,1,13,19H2,2-3H3. The summed E-state index contributed by atoms with van der Waals surface area (Å²) in [5.74, 6) is 0. The zero-order valence-corrected chi connectivity index (χ0v) is 13.5. The highest BCUT2D eigenvalue weighted by Crippen LogP contribution is 2.25. The van der Waals surface area contributed by atoms with Gasteiger partial charge in [0.1, 0.15) is 4.87 Å². The summed E-state index contributed by atoms with van der Waals surface area (Å²) in [5.41, 5.74) is 9.01. The third-order valence-electron chi connectivity index (χ3n) is 3.42. The zero-order chi connectivity index (χ0) is 15.5. The summed E-state index contributed by atoms with van der Waals surface area (Å²) >= 11 is 4.47. The Hall–Kier alpha value is -1.58. The summed E-state index contributed by atoms with van der Waals surface area (Å²) in [5, 5.41) is 0. The first-order chi connectivity index (χ1) is 9.77. The Kier molecular flexibility index (Phi) is 4.55. The third kappa shape index (κ3) is 4.73. The van der Waals surface area contributed by atoms with Crippen LogP contribution in [0.15, 0.2) is 76.9 Å². The molecule has 1 aliphatic heterocycles. The maximum Gasteiger partial charge on any atom is 0.119 e. The normalized spacial score (nSPS) is 31.4. The molecule has 2 atom stereocenters. The molecule has 0 fully saturated rings. The summed E-state index contributed by atoms with van der Waals surface area (Å²) in [7, 11) is 0. The van der Waals surface area contributed by atoms with Crippen molar-refractivity contribution in [2.45, 2.75) is 30.7 Å². The molecule has 110 valence electrons. The molecule has 0 bridgehead atoms. The molecule has 2 N–H and O–H groups in total. The lowest BCUT2D eigenvalue weighted by atomic mass is 9.97. The van der Waals surface area contributed by atoms with E-state index in [0.717, 1.165) is 17.6 Å². The molecule has 0 spiro atoms. The van der Waals surface area contributed by atoms with E-state index < -0.39 is 10.4 Å². The van der Waals surface area contributed by atoms with Crippen molar-refractivity contribution >= 4 is 18.8 Å². The van der Waals surface area contributed by atoms with Crippen molar-refractivity contribution in [2.24, 2.45) is 10.7 Å². The van der Waals surface area contributed by atoms with Gasteiger partial charge in [0.25, 0.3) is 0 Å². The molecule has 1 heterocycles. The second-order valence-electron chi connectivity index (χ2n) is 5.91. The predicted octanol–water partition coefficient (Wildman–Crippen LogP) is 3.92. The van der Waals surface area contributed by atoms with Crippen LogP contribution in [0.1, 0.15) is 20.3 Å². The van der Waals surface area contributed by atoms with E-state index in [2.05, 4.69) is 36.4 Å². The van der Waals surface area contributed by atoms with Crippen LogP contribution in [0.3, 0.4) is 0 Å². The summed E-state index contributed by atoms with van der Waals surface area (Å²) in [4.78, 5) is 3.91. The van der Waals surface area contributed by atoms with E-state index >= 15 is 0 Å². The largest absolute Gasteiger partial charge is 0.319 e. The van der Waals surface area contributed by atoms with E-state index in [1.165, 1.54) is 5.57 Å². The molecule has 0 aromatic carbocycles. The van der Waals surface area contributed by atoms with Crippen LogP contribution < -0.4 is 5.73 Å². The molecule has 2 unspecified atom stereocenters. The predicted molar refractivity (Wildman–Crippen MR) is 95.8 cm³/mol. The van der Waals surface area contributed by atoms with E-state index in [1.807, 2.05) is 56.5 Å². The minimum absolute atomic E-state index is 0.402. The van der Waals surface area contributed by atoms with Gasteiger partial charge in [0.15, 0.2) is 0 Å². The zero-order valence-electron chi connectivity index (χ0n) is 12.6. The summed E-state index contributed by atoms with van der Waals surface area (Å²) in [6.45, 7) is 8.13. The van der Waals surface area contributed by atoms with Gasteiger partial charge in [-0.05, 0) is 49.1 Å². The highest BCUT2D eigenvalue weighted by atomic mass is 32.1. The summed E-state index contributed by atoms with van der Waals surface area (Å²) in [6, 6.07) is 0. The molecule has 0 saturated heterocycles. The fraction of sp³-hybridized carbons (Fsp3) is 0.278. The number of rotatable bonds is 3. The van der Waals surface area contributed by atoms with Gasteiger partial charge >= 0.3 is 0 Å². The van der Waals surface area contributed by atoms with Crippen molar-refractivity contribution in [2.75, 3.05) is 0 Å². The van der Waals surface area contributed by atoms with Gasteiger partial charge in [-0.3, -0.25) is 4.99 Å². The molecule has 0 aromatic rings. The smallest absolute Gasteiger partial charge is 0.119 e. The van der Waals surface area contributed by atoms with Gasteiger partial charge in [0, 0.05) is 6.21 Å². The van der Waals surface area contributed by atoms with Gasteiger partial charge in [-0.2, -0.15) is 0 Å². The van der Waals surface area contributed by atoms with Gasteiger partial charge in [-0.25, -0.2) is 0 Å². The van der Waals surface area contributed by atoms with Crippen LogP contribution in [0, 0.1) is 0 Å². The molecular weight excluding hydrogens is 276 g/mol. The van der Waals surface area contributed by atoms with Gasteiger partial charge < -0.3 is 5.73 Å². The Bertz CT molecular complexity index is 611. The van der Waals surface area contributed by atoms with Crippen molar-refractivity contribution < 1.29 is 0 Å². The average molecular weight is 298 g/mol. The topological polar surface area (TPSA) is 38.4 Å². The highest BCUT2D eigenvalue weighted by Gasteiger charge is 2.14. The fourth-order valence-electron chi connectivity index (χ4n) is 2.09. The Labute approximate surface area is 132 Å². The maximum atomic E-state index is 6.09. The van der Waals surface area contributed by atoms with Crippen LogP contribution in [-0.4, -0.2) is 16.6 Å². The summed E-state index contributed by atoms with van der Waals surface area (Å²) in [6.07, 6.45) is 18.7. The second kappa shape index (κ2) is 6.04. The molecule has 0 aromatic heterocycles.